The molecular formula is C14H15ClN2O3S. The fourth-order valence-corrected chi connectivity index (χ4v) is 3.30. The van der Waals surface area contributed by atoms with E-state index in [2.05, 4.69) is 0 Å². The van der Waals surface area contributed by atoms with Gasteiger partial charge >= 0.3 is 0 Å². The zero-order valence-electron chi connectivity index (χ0n) is 11.6. The van der Waals surface area contributed by atoms with Gasteiger partial charge in [-0.3, -0.25) is 4.31 Å². The van der Waals surface area contributed by atoms with E-state index < -0.39 is 10.0 Å². The predicted octanol–water partition coefficient (Wildman–Crippen LogP) is 2.76. The lowest BCUT2D eigenvalue weighted by Gasteiger charge is -2.20. The largest absolute Gasteiger partial charge is 0.497 e. The van der Waals surface area contributed by atoms with Crippen LogP contribution in [0.3, 0.4) is 0 Å². The molecule has 0 aliphatic carbocycles. The second-order valence-corrected chi connectivity index (χ2v) is 6.73. The molecule has 2 rings (SSSR count). The first kappa shape index (κ1) is 15.5. The van der Waals surface area contributed by atoms with Gasteiger partial charge in [0.05, 0.1) is 18.5 Å². The maximum atomic E-state index is 12.6. The summed E-state index contributed by atoms with van der Waals surface area (Å²) in [5.74, 6) is 0.649. The molecule has 0 saturated carbocycles. The van der Waals surface area contributed by atoms with Crippen LogP contribution < -0.4 is 14.8 Å². The Balaban J connectivity index is 2.42. The summed E-state index contributed by atoms with van der Waals surface area (Å²) in [6, 6.07) is 11.0. The summed E-state index contributed by atoms with van der Waals surface area (Å²) in [5, 5.41) is 0.388. The van der Waals surface area contributed by atoms with Crippen molar-refractivity contribution in [2.75, 3.05) is 24.2 Å². The van der Waals surface area contributed by atoms with E-state index in [-0.39, 0.29) is 10.6 Å². The van der Waals surface area contributed by atoms with E-state index in [1.165, 1.54) is 25.2 Å². The van der Waals surface area contributed by atoms with E-state index in [1.807, 2.05) is 0 Å². The Morgan fingerprint density at radius 2 is 1.76 bits per heavy atom. The molecule has 21 heavy (non-hydrogen) atoms. The minimum absolute atomic E-state index is 0.0187. The van der Waals surface area contributed by atoms with Crippen LogP contribution in [0, 0.1) is 0 Å². The van der Waals surface area contributed by atoms with Crippen molar-refractivity contribution in [2.24, 2.45) is 0 Å². The summed E-state index contributed by atoms with van der Waals surface area (Å²) >= 11 is 5.79. The smallest absolute Gasteiger partial charge is 0.266 e. The molecule has 0 atom stereocenters. The molecule has 2 N–H and O–H groups in total. The summed E-state index contributed by atoms with van der Waals surface area (Å²) in [5.41, 5.74) is 6.38. The number of nitrogens with two attached hydrogens (primary N) is 1. The Hall–Kier alpha value is -1.92. The molecule has 0 bridgehead atoms. The molecule has 0 radical (unpaired) electrons. The number of rotatable bonds is 4. The van der Waals surface area contributed by atoms with Crippen LogP contribution in [0.25, 0.3) is 0 Å². The van der Waals surface area contributed by atoms with Gasteiger partial charge in [0.15, 0.2) is 0 Å². The Bertz CT molecular complexity index is 745. The molecule has 0 aliphatic rings. The molecule has 0 aromatic heterocycles. The van der Waals surface area contributed by atoms with Crippen molar-refractivity contribution in [1.82, 2.24) is 0 Å². The molecule has 0 saturated heterocycles. The van der Waals surface area contributed by atoms with Crippen molar-refractivity contribution in [3.8, 4) is 5.75 Å². The Labute approximate surface area is 128 Å². The normalized spacial score (nSPS) is 11.2. The number of hydrogen-bond donors (Lipinski definition) is 1. The van der Waals surface area contributed by atoms with Crippen LogP contribution in [-0.2, 0) is 10.0 Å². The third-order valence-electron chi connectivity index (χ3n) is 3.05. The van der Waals surface area contributed by atoms with Gasteiger partial charge in [0.25, 0.3) is 10.0 Å². The van der Waals surface area contributed by atoms with Crippen LogP contribution in [0.15, 0.2) is 47.4 Å². The lowest BCUT2D eigenvalue weighted by atomic mass is 10.3. The highest BCUT2D eigenvalue weighted by molar-refractivity contribution is 7.93. The van der Waals surface area contributed by atoms with Crippen molar-refractivity contribution < 1.29 is 13.2 Å². The molecule has 7 heteroatoms. The van der Waals surface area contributed by atoms with E-state index in [0.717, 1.165) is 4.31 Å². The topological polar surface area (TPSA) is 72.6 Å². The number of methoxy groups -OCH3 is 1. The molecule has 0 amide bonds. The summed E-state index contributed by atoms with van der Waals surface area (Å²) in [6.07, 6.45) is 0. The van der Waals surface area contributed by atoms with Crippen LogP contribution in [-0.4, -0.2) is 22.6 Å². The van der Waals surface area contributed by atoms with Gasteiger partial charge in [0.2, 0.25) is 0 Å². The van der Waals surface area contributed by atoms with Gasteiger partial charge in [-0.1, -0.05) is 11.6 Å². The number of anilines is 2. The fraction of sp³-hybridized carbons (Fsp3) is 0.143. The number of sulfonamides is 1. The van der Waals surface area contributed by atoms with Crippen LogP contribution in [0.4, 0.5) is 11.4 Å². The summed E-state index contributed by atoms with van der Waals surface area (Å²) in [6.45, 7) is 0. The highest BCUT2D eigenvalue weighted by Gasteiger charge is 2.23. The van der Waals surface area contributed by atoms with Crippen molar-refractivity contribution in [3.63, 3.8) is 0 Å². The molecule has 2 aromatic carbocycles. The van der Waals surface area contributed by atoms with E-state index >= 15 is 0 Å². The summed E-state index contributed by atoms with van der Waals surface area (Å²) in [4.78, 5) is 0.0187. The maximum Gasteiger partial charge on any atom is 0.266 e. The SMILES string of the molecule is COc1ccc(N(C)S(=O)(=O)c2ccc(Cl)cc2N)cc1. The Morgan fingerprint density at radius 1 is 1.14 bits per heavy atom. The Kier molecular flexibility index (Phi) is 4.29. The molecule has 2 aromatic rings. The average molecular weight is 327 g/mol. The van der Waals surface area contributed by atoms with Crippen molar-refractivity contribution in [2.45, 2.75) is 4.90 Å². The van der Waals surface area contributed by atoms with E-state index in [0.29, 0.717) is 16.5 Å². The van der Waals surface area contributed by atoms with Gasteiger partial charge in [-0.2, -0.15) is 0 Å². The summed E-state index contributed by atoms with van der Waals surface area (Å²) < 4.78 is 31.4. The van der Waals surface area contributed by atoms with Crippen LogP contribution in [0.2, 0.25) is 5.02 Å². The van der Waals surface area contributed by atoms with Crippen molar-refractivity contribution in [1.29, 1.82) is 0 Å². The van der Waals surface area contributed by atoms with Gasteiger partial charge in [0.1, 0.15) is 10.6 Å². The molecule has 0 spiro atoms. The maximum absolute atomic E-state index is 12.6. The highest BCUT2D eigenvalue weighted by atomic mass is 35.5. The monoisotopic (exact) mass is 326 g/mol. The third-order valence-corrected chi connectivity index (χ3v) is 5.14. The number of nitrogens with zero attached hydrogens (tertiary/aromatic N) is 1. The molecule has 0 fully saturated rings. The lowest BCUT2D eigenvalue weighted by molar-refractivity contribution is 0.415. The highest BCUT2D eigenvalue weighted by Crippen LogP contribution is 2.28. The molecule has 0 unspecified atom stereocenters. The number of nitrogen functional groups attached to an aromatic ring is 1. The van der Waals surface area contributed by atoms with E-state index in [9.17, 15) is 8.42 Å². The second kappa shape index (κ2) is 5.83. The molecule has 5 nitrogen and oxygen atoms in total. The zero-order valence-corrected chi connectivity index (χ0v) is 13.1. The first-order valence-electron chi connectivity index (χ1n) is 6.04. The van der Waals surface area contributed by atoms with E-state index in [1.54, 1.807) is 31.4 Å². The van der Waals surface area contributed by atoms with Crippen molar-refractivity contribution in [3.05, 3.63) is 47.5 Å². The minimum atomic E-state index is -3.75. The first-order chi connectivity index (χ1) is 9.86. The lowest BCUT2D eigenvalue weighted by Crippen LogP contribution is -2.27. The quantitative estimate of drug-likeness (QED) is 0.877. The van der Waals surface area contributed by atoms with Gasteiger partial charge in [-0.25, -0.2) is 8.42 Å². The standard InChI is InChI=1S/C14H15ClN2O3S/c1-17(11-4-6-12(20-2)7-5-11)21(18,19)14-8-3-10(15)9-13(14)16/h3-9H,16H2,1-2H3. The number of ether oxygens (including phenoxy) is 1. The summed E-state index contributed by atoms with van der Waals surface area (Å²) in [7, 11) is -0.741. The molecular weight excluding hydrogens is 312 g/mol. The minimum Gasteiger partial charge on any atom is -0.497 e. The second-order valence-electron chi connectivity index (χ2n) is 4.35. The van der Waals surface area contributed by atoms with E-state index in [4.69, 9.17) is 22.1 Å². The fourth-order valence-electron chi connectivity index (χ4n) is 1.83. The van der Waals surface area contributed by atoms with Gasteiger partial charge < -0.3 is 10.5 Å². The molecule has 0 heterocycles. The van der Waals surface area contributed by atoms with Crippen LogP contribution in [0.5, 0.6) is 5.75 Å². The Morgan fingerprint density at radius 3 is 2.29 bits per heavy atom. The zero-order chi connectivity index (χ0) is 15.6. The first-order valence-corrected chi connectivity index (χ1v) is 7.86. The van der Waals surface area contributed by atoms with Crippen LogP contribution in [0.1, 0.15) is 0 Å². The van der Waals surface area contributed by atoms with Gasteiger partial charge in [0, 0.05) is 12.1 Å². The van der Waals surface area contributed by atoms with Gasteiger partial charge in [-0.05, 0) is 42.5 Å². The number of halogens is 1. The average Bonchev–Trinajstić information content (AvgIpc) is 2.46. The number of hydrogen-bond acceptors (Lipinski definition) is 4. The van der Waals surface area contributed by atoms with Crippen LogP contribution >= 0.6 is 11.6 Å². The molecule has 112 valence electrons. The number of benzene rings is 2. The predicted molar refractivity (Wildman–Crippen MR) is 84.4 cm³/mol. The molecule has 0 aliphatic heterocycles. The third kappa shape index (κ3) is 3.06. The van der Waals surface area contributed by atoms with Gasteiger partial charge in [-0.15, -0.1) is 0 Å². The van der Waals surface area contributed by atoms with Crippen molar-refractivity contribution >= 4 is 33.0 Å².